The van der Waals surface area contributed by atoms with Gasteiger partial charge in [-0.05, 0) is 36.8 Å². The van der Waals surface area contributed by atoms with Gasteiger partial charge in [0.25, 0.3) is 0 Å². The zero-order valence-electron chi connectivity index (χ0n) is 15.1. The predicted molar refractivity (Wildman–Crippen MR) is 108 cm³/mol. The number of fused-ring (bicyclic) bond motifs is 1. The summed E-state index contributed by atoms with van der Waals surface area (Å²) < 4.78 is 0. The molecular formula is C22H17N5S. The molecule has 0 radical (unpaired) electrons. The molecule has 2 aromatic rings. The first-order valence-corrected chi connectivity index (χ1v) is 9.96. The Morgan fingerprint density at radius 2 is 1.79 bits per heavy atom. The number of hydrogen-bond donors (Lipinski definition) is 2. The Balaban J connectivity index is 1.77. The second-order valence-electron chi connectivity index (χ2n) is 6.75. The zero-order chi connectivity index (χ0) is 19.5. The summed E-state index contributed by atoms with van der Waals surface area (Å²) in [7, 11) is 0. The fraction of sp³-hybridized carbons (Fsp3) is 0.227. The quantitative estimate of drug-likeness (QED) is 0.817. The highest BCUT2D eigenvalue weighted by Crippen LogP contribution is 2.40. The molecule has 1 unspecified atom stereocenters. The number of allylic oxidation sites excluding steroid dienone is 2. The van der Waals surface area contributed by atoms with Gasteiger partial charge in [0.2, 0.25) is 0 Å². The van der Waals surface area contributed by atoms with Crippen LogP contribution in [-0.2, 0) is 12.8 Å². The highest BCUT2D eigenvalue weighted by molar-refractivity contribution is 7.16. The van der Waals surface area contributed by atoms with Gasteiger partial charge in [0.05, 0.1) is 34.8 Å². The van der Waals surface area contributed by atoms with E-state index in [1.807, 2.05) is 30.3 Å². The molecule has 0 saturated heterocycles. The van der Waals surface area contributed by atoms with Crippen molar-refractivity contribution in [2.75, 3.05) is 5.32 Å². The van der Waals surface area contributed by atoms with Crippen LogP contribution in [0.1, 0.15) is 40.3 Å². The average molecular weight is 383 g/mol. The maximum absolute atomic E-state index is 9.89. The molecule has 6 heteroatoms. The van der Waals surface area contributed by atoms with Crippen LogP contribution in [0, 0.1) is 34.0 Å². The number of hydrogen-bond acceptors (Lipinski definition) is 6. The van der Waals surface area contributed by atoms with Gasteiger partial charge in [-0.3, -0.25) is 0 Å². The van der Waals surface area contributed by atoms with Crippen LogP contribution in [0.2, 0.25) is 0 Å². The SMILES string of the molecule is N#CC1=CNC(Nc2sc3c(c2C#N)CCCC3)=C(C#N)C1c1ccccc1. The van der Waals surface area contributed by atoms with Crippen LogP contribution in [0.4, 0.5) is 5.00 Å². The lowest BCUT2D eigenvalue weighted by Gasteiger charge is -2.24. The van der Waals surface area contributed by atoms with Gasteiger partial charge in [-0.2, -0.15) is 15.8 Å². The molecule has 2 heterocycles. The lowest BCUT2D eigenvalue weighted by atomic mass is 9.84. The lowest BCUT2D eigenvalue weighted by Crippen LogP contribution is -2.25. The van der Waals surface area contributed by atoms with Crippen LogP contribution < -0.4 is 10.6 Å². The maximum atomic E-state index is 9.89. The molecule has 2 aliphatic rings. The van der Waals surface area contributed by atoms with Crippen molar-refractivity contribution in [1.29, 1.82) is 15.8 Å². The second-order valence-corrected chi connectivity index (χ2v) is 7.86. The molecule has 0 spiro atoms. The number of aryl methyl sites for hydroxylation is 1. The molecular weight excluding hydrogens is 366 g/mol. The van der Waals surface area contributed by atoms with E-state index in [4.69, 9.17) is 0 Å². The first-order chi connectivity index (χ1) is 13.8. The molecule has 0 fully saturated rings. The number of dihydropyridines is 1. The minimum atomic E-state index is -0.430. The molecule has 28 heavy (non-hydrogen) atoms. The van der Waals surface area contributed by atoms with Gasteiger partial charge in [0, 0.05) is 11.1 Å². The number of nitrogens with one attached hydrogen (secondary N) is 2. The molecule has 1 aliphatic heterocycles. The molecule has 0 saturated carbocycles. The fourth-order valence-corrected chi connectivity index (χ4v) is 5.05. The van der Waals surface area contributed by atoms with Crippen LogP contribution >= 0.6 is 11.3 Å². The van der Waals surface area contributed by atoms with Gasteiger partial charge < -0.3 is 10.6 Å². The summed E-state index contributed by atoms with van der Waals surface area (Å²) in [6.07, 6.45) is 5.82. The summed E-state index contributed by atoms with van der Waals surface area (Å²) >= 11 is 1.59. The Labute approximate surface area is 167 Å². The normalized spacial score (nSPS) is 18.0. The Bertz CT molecular complexity index is 1100. The molecule has 0 bridgehead atoms. The Morgan fingerprint density at radius 3 is 2.50 bits per heavy atom. The van der Waals surface area contributed by atoms with E-state index in [2.05, 4.69) is 28.8 Å². The van der Waals surface area contributed by atoms with Crippen molar-refractivity contribution in [2.45, 2.75) is 31.6 Å². The van der Waals surface area contributed by atoms with Crippen molar-refractivity contribution < 1.29 is 0 Å². The predicted octanol–water partition coefficient (Wildman–Crippen LogP) is 4.44. The van der Waals surface area contributed by atoms with E-state index >= 15 is 0 Å². The smallest absolute Gasteiger partial charge is 0.123 e. The van der Waals surface area contributed by atoms with Gasteiger partial charge in [-0.1, -0.05) is 30.3 Å². The standard InChI is InChI=1S/C22H17N5S/c23-10-15-13-26-21(18(12-25)20(15)14-6-2-1-3-7-14)27-22-17(11-24)16-8-4-5-9-19(16)28-22/h1-3,6-7,13,20,26-27H,4-5,8-9H2. The number of benzene rings is 1. The van der Waals surface area contributed by atoms with E-state index in [-0.39, 0.29) is 0 Å². The number of anilines is 1. The Hall–Kier alpha value is -3.53. The summed E-state index contributed by atoms with van der Waals surface area (Å²) in [5.41, 5.74) is 3.64. The van der Waals surface area contributed by atoms with Crippen molar-refractivity contribution in [3.63, 3.8) is 0 Å². The summed E-state index contributed by atoms with van der Waals surface area (Å²) in [4.78, 5) is 1.26. The molecule has 5 nitrogen and oxygen atoms in total. The summed E-state index contributed by atoms with van der Waals surface area (Å²) in [6.45, 7) is 0. The zero-order valence-corrected chi connectivity index (χ0v) is 15.9. The van der Waals surface area contributed by atoms with Gasteiger partial charge in [0.15, 0.2) is 0 Å². The van der Waals surface area contributed by atoms with E-state index in [0.29, 0.717) is 22.5 Å². The summed E-state index contributed by atoms with van der Waals surface area (Å²) in [5.74, 6) is 0.102. The van der Waals surface area contributed by atoms with Crippen LogP contribution in [-0.4, -0.2) is 0 Å². The van der Waals surface area contributed by atoms with Gasteiger partial charge in [-0.25, -0.2) is 0 Å². The van der Waals surface area contributed by atoms with Crippen LogP contribution in [0.25, 0.3) is 0 Å². The summed E-state index contributed by atoms with van der Waals surface area (Å²) in [5, 5.41) is 36.2. The first-order valence-electron chi connectivity index (χ1n) is 9.14. The number of rotatable bonds is 3. The van der Waals surface area contributed by atoms with Gasteiger partial charge in [-0.15, -0.1) is 11.3 Å². The number of nitriles is 3. The Kier molecular flexibility index (Phi) is 4.85. The average Bonchev–Trinajstić information content (AvgIpc) is 3.10. The van der Waals surface area contributed by atoms with Crippen LogP contribution in [0.3, 0.4) is 0 Å². The topological polar surface area (TPSA) is 95.4 Å². The van der Waals surface area contributed by atoms with Crippen LogP contribution in [0.5, 0.6) is 0 Å². The van der Waals surface area contributed by atoms with Gasteiger partial charge in [0.1, 0.15) is 16.9 Å². The minimum absolute atomic E-state index is 0.430. The van der Waals surface area contributed by atoms with E-state index in [1.165, 1.54) is 4.88 Å². The lowest BCUT2D eigenvalue weighted by molar-refractivity contribution is 0.696. The molecule has 1 aliphatic carbocycles. The largest absolute Gasteiger partial charge is 0.346 e. The molecule has 136 valence electrons. The number of nitrogens with zero attached hydrogens (tertiary/aromatic N) is 3. The third-order valence-electron chi connectivity index (χ3n) is 5.15. The molecule has 4 rings (SSSR count). The molecule has 1 atom stereocenters. The maximum Gasteiger partial charge on any atom is 0.123 e. The molecule has 1 aromatic heterocycles. The number of thiophene rings is 1. The van der Waals surface area contributed by atoms with E-state index in [9.17, 15) is 15.8 Å². The summed E-state index contributed by atoms with van der Waals surface area (Å²) in [6, 6.07) is 16.3. The van der Waals surface area contributed by atoms with E-state index in [1.54, 1.807) is 17.5 Å². The van der Waals surface area contributed by atoms with Crippen molar-refractivity contribution in [3.8, 4) is 18.2 Å². The minimum Gasteiger partial charge on any atom is -0.346 e. The third kappa shape index (κ3) is 3.03. The first kappa shape index (κ1) is 17.9. The highest BCUT2D eigenvalue weighted by atomic mass is 32.1. The molecule has 2 N–H and O–H groups in total. The second kappa shape index (κ2) is 7.61. The van der Waals surface area contributed by atoms with E-state index < -0.39 is 5.92 Å². The Morgan fingerprint density at radius 1 is 1.00 bits per heavy atom. The van der Waals surface area contributed by atoms with Crippen molar-refractivity contribution in [3.05, 3.63) is 75.1 Å². The monoisotopic (exact) mass is 383 g/mol. The van der Waals surface area contributed by atoms with Crippen molar-refractivity contribution in [1.82, 2.24) is 5.32 Å². The van der Waals surface area contributed by atoms with Crippen LogP contribution in [0.15, 0.2) is 53.5 Å². The third-order valence-corrected chi connectivity index (χ3v) is 6.35. The van der Waals surface area contributed by atoms with Crippen molar-refractivity contribution >= 4 is 16.3 Å². The van der Waals surface area contributed by atoms with Crippen molar-refractivity contribution in [2.24, 2.45) is 0 Å². The van der Waals surface area contributed by atoms with Gasteiger partial charge >= 0.3 is 0 Å². The van der Waals surface area contributed by atoms with E-state index in [0.717, 1.165) is 41.8 Å². The molecule has 0 amide bonds. The highest BCUT2D eigenvalue weighted by Gasteiger charge is 2.29. The fourth-order valence-electron chi connectivity index (χ4n) is 3.81. The molecule has 1 aromatic carbocycles.